The molecule has 0 bridgehead atoms. The van der Waals surface area contributed by atoms with E-state index >= 15 is 0 Å². The highest BCUT2D eigenvalue weighted by atomic mass is 16.6. The van der Waals surface area contributed by atoms with Crippen LogP contribution in [0.15, 0.2) is 24.3 Å². The number of nitrogens with zero attached hydrogens (tertiary/aromatic N) is 1. The van der Waals surface area contributed by atoms with Crippen LogP contribution in [0.5, 0.6) is 0 Å². The minimum Gasteiger partial charge on any atom is -0.358 e. The first kappa shape index (κ1) is 9.11. The van der Waals surface area contributed by atoms with Crippen LogP contribution < -0.4 is 5.32 Å². The van der Waals surface area contributed by atoms with Crippen molar-refractivity contribution in [1.29, 1.82) is 0 Å². The van der Waals surface area contributed by atoms with Crippen LogP contribution in [0.4, 0.5) is 5.69 Å². The summed E-state index contributed by atoms with van der Waals surface area (Å²) >= 11 is 0. The molecule has 0 aromatic heterocycles. The summed E-state index contributed by atoms with van der Waals surface area (Å²) in [4.78, 5) is 10.1. The number of nitrogens with one attached hydrogen (secondary N) is 1. The van der Waals surface area contributed by atoms with Crippen molar-refractivity contribution in [2.45, 2.75) is 6.23 Å². The molecule has 74 valence electrons. The molecule has 1 atom stereocenters. The van der Waals surface area contributed by atoms with Crippen molar-refractivity contribution in [3.05, 3.63) is 39.9 Å². The van der Waals surface area contributed by atoms with E-state index in [2.05, 4.69) is 5.32 Å². The van der Waals surface area contributed by atoms with E-state index in [1.54, 1.807) is 6.07 Å². The van der Waals surface area contributed by atoms with Gasteiger partial charge in [-0.1, -0.05) is 12.1 Å². The van der Waals surface area contributed by atoms with Gasteiger partial charge in [-0.15, -0.1) is 0 Å². The molecule has 0 radical (unpaired) electrons. The monoisotopic (exact) mass is 194 g/mol. The average molecular weight is 194 g/mol. The second-order valence-electron chi connectivity index (χ2n) is 3.06. The molecule has 1 aromatic carbocycles. The molecule has 1 aliphatic rings. The van der Waals surface area contributed by atoms with Gasteiger partial charge in [-0.3, -0.25) is 15.4 Å². The molecular weight excluding hydrogens is 184 g/mol. The minimum absolute atomic E-state index is 0.0970. The van der Waals surface area contributed by atoms with E-state index in [-0.39, 0.29) is 11.9 Å². The summed E-state index contributed by atoms with van der Waals surface area (Å²) in [6.45, 7) is 1.43. The lowest BCUT2D eigenvalue weighted by atomic mass is 10.2. The van der Waals surface area contributed by atoms with Gasteiger partial charge in [0.2, 0.25) is 0 Å². The van der Waals surface area contributed by atoms with Crippen molar-refractivity contribution in [2.75, 3.05) is 13.2 Å². The summed E-state index contributed by atoms with van der Waals surface area (Å²) in [6, 6.07) is 6.48. The van der Waals surface area contributed by atoms with Crippen molar-refractivity contribution < 1.29 is 9.66 Å². The van der Waals surface area contributed by atoms with Gasteiger partial charge < -0.3 is 4.74 Å². The smallest absolute Gasteiger partial charge is 0.269 e. The van der Waals surface area contributed by atoms with Crippen LogP contribution in [0, 0.1) is 10.1 Å². The van der Waals surface area contributed by atoms with Crippen molar-refractivity contribution in [2.24, 2.45) is 0 Å². The van der Waals surface area contributed by atoms with Crippen LogP contribution in [0.3, 0.4) is 0 Å². The number of nitro groups is 1. The summed E-state index contributed by atoms with van der Waals surface area (Å²) < 4.78 is 5.34. The van der Waals surface area contributed by atoms with Gasteiger partial charge in [-0.05, 0) is 0 Å². The van der Waals surface area contributed by atoms with E-state index in [4.69, 9.17) is 4.74 Å². The Hall–Kier alpha value is -1.46. The second kappa shape index (κ2) is 3.73. The van der Waals surface area contributed by atoms with E-state index < -0.39 is 4.92 Å². The lowest BCUT2D eigenvalue weighted by Crippen LogP contribution is -2.13. The lowest BCUT2D eigenvalue weighted by Gasteiger charge is -2.09. The van der Waals surface area contributed by atoms with Crippen LogP contribution in [-0.4, -0.2) is 18.1 Å². The summed E-state index contributed by atoms with van der Waals surface area (Å²) in [5.74, 6) is 0. The van der Waals surface area contributed by atoms with E-state index in [9.17, 15) is 10.1 Å². The van der Waals surface area contributed by atoms with E-state index in [1.165, 1.54) is 12.1 Å². The van der Waals surface area contributed by atoms with Crippen LogP contribution in [-0.2, 0) is 4.74 Å². The second-order valence-corrected chi connectivity index (χ2v) is 3.06. The normalized spacial score (nSPS) is 21.0. The Morgan fingerprint density at radius 2 is 2.43 bits per heavy atom. The number of rotatable bonds is 2. The maximum Gasteiger partial charge on any atom is 0.269 e. The lowest BCUT2D eigenvalue weighted by molar-refractivity contribution is -0.385. The maximum absolute atomic E-state index is 10.5. The summed E-state index contributed by atoms with van der Waals surface area (Å²) in [7, 11) is 0. The minimum atomic E-state index is -0.404. The SMILES string of the molecule is O=[N+]([O-])c1cccc([C@H]2NCCO2)c1. The third-order valence-electron chi connectivity index (χ3n) is 2.10. The van der Waals surface area contributed by atoms with Crippen molar-refractivity contribution in [3.8, 4) is 0 Å². The molecule has 0 spiro atoms. The van der Waals surface area contributed by atoms with Crippen LogP contribution >= 0.6 is 0 Å². The maximum atomic E-state index is 10.5. The van der Waals surface area contributed by atoms with Crippen LogP contribution in [0.25, 0.3) is 0 Å². The first-order chi connectivity index (χ1) is 6.77. The van der Waals surface area contributed by atoms with Gasteiger partial charge in [0.1, 0.15) is 6.23 Å². The molecular formula is C9H10N2O3. The van der Waals surface area contributed by atoms with Gasteiger partial charge in [0, 0.05) is 24.2 Å². The number of nitro benzene ring substituents is 1. The van der Waals surface area contributed by atoms with Gasteiger partial charge >= 0.3 is 0 Å². The highest BCUT2D eigenvalue weighted by Crippen LogP contribution is 2.21. The summed E-state index contributed by atoms with van der Waals surface area (Å²) in [6.07, 6.45) is -0.199. The number of hydrogen-bond acceptors (Lipinski definition) is 4. The standard InChI is InChI=1S/C9H10N2O3/c12-11(13)8-3-1-2-7(6-8)9-10-4-5-14-9/h1-3,6,9-10H,4-5H2/t9-/m0/s1. The predicted molar refractivity (Wildman–Crippen MR) is 49.8 cm³/mol. The zero-order valence-electron chi connectivity index (χ0n) is 7.47. The quantitative estimate of drug-likeness (QED) is 0.567. The molecule has 1 heterocycles. The molecule has 1 aliphatic heterocycles. The van der Waals surface area contributed by atoms with Gasteiger partial charge in [0.25, 0.3) is 5.69 Å². The van der Waals surface area contributed by atoms with Gasteiger partial charge in [-0.2, -0.15) is 0 Å². The molecule has 5 nitrogen and oxygen atoms in total. The van der Waals surface area contributed by atoms with Crippen LogP contribution in [0.1, 0.15) is 11.8 Å². The Labute approximate surface area is 80.8 Å². The number of hydrogen-bond donors (Lipinski definition) is 1. The molecule has 1 N–H and O–H groups in total. The number of ether oxygens (including phenoxy) is 1. The molecule has 5 heteroatoms. The first-order valence-electron chi connectivity index (χ1n) is 4.37. The molecule has 0 aliphatic carbocycles. The number of benzene rings is 1. The van der Waals surface area contributed by atoms with Crippen LogP contribution in [0.2, 0.25) is 0 Å². The summed E-state index contributed by atoms with van der Waals surface area (Å²) in [5.41, 5.74) is 0.900. The Kier molecular flexibility index (Phi) is 2.43. The third kappa shape index (κ3) is 1.73. The van der Waals surface area contributed by atoms with E-state index in [0.717, 1.165) is 12.1 Å². The zero-order chi connectivity index (χ0) is 9.97. The van der Waals surface area contributed by atoms with Crippen molar-refractivity contribution >= 4 is 5.69 Å². The molecule has 0 unspecified atom stereocenters. The highest BCUT2D eigenvalue weighted by molar-refractivity contribution is 5.35. The molecule has 0 saturated carbocycles. The van der Waals surface area contributed by atoms with Crippen molar-refractivity contribution in [1.82, 2.24) is 5.32 Å². The Bertz CT molecular complexity index is 348. The van der Waals surface area contributed by atoms with Gasteiger partial charge in [0.05, 0.1) is 11.5 Å². The fourth-order valence-electron chi connectivity index (χ4n) is 1.44. The van der Waals surface area contributed by atoms with Crippen molar-refractivity contribution in [3.63, 3.8) is 0 Å². The Morgan fingerprint density at radius 1 is 1.57 bits per heavy atom. The van der Waals surface area contributed by atoms with E-state index in [1.807, 2.05) is 6.07 Å². The molecule has 2 rings (SSSR count). The Balaban J connectivity index is 2.25. The summed E-state index contributed by atoms with van der Waals surface area (Å²) in [5, 5.41) is 13.6. The topological polar surface area (TPSA) is 64.4 Å². The highest BCUT2D eigenvalue weighted by Gasteiger charge is 2.18. The van der Waals surface area contributed by atoms with Gasteiger partial charge in [-0.25, -0.2) is 0 Å². The molecule has 14 heavy (non-hydrogen) atoms. The van der Waals surface area contributed by atoms with E-state index in [0.29, 0.717) is 6.61 Å². The molecule has 1 saturated heterocycles. The fraction of sp³-hybridized carbons (Fsp3) is 0.333. The third-order valence-corrected chi connectivity index (χ3v) is 2.10. The Morgan fingerprint density at radius 3 is 3.07 bits per heavy atom. The average Bonchev–Trinajstić information content (AvgIpc) is 2.71. The zero-order valence-corrected chi connectivity index (χ0v) is 7.47. The molecule has 0 amide bonds. The number of non-ortho nitro benzene ring substituents is 1. The first-order valence-corrected chi connectivity index (χ1v) is 4.37. The van der Waals surface area contributed by atoms with Gasteiger partial charge in [0.15, 0.2) is 0 Å². The largest absolute Gasteiger partial charge is 0.358 e. The molecule has 1 aromatic rings. The predicted octanol–water partition coefficient (Wildman–Crippen LogP) is 1.21. The molecule has 1 fully saturated rings. The fourth-order valence-corrected chi connectivity index (χ4v) is 1.44.